The van der Waals surface area contributed by atoms with E-state index in [4.69, 9.17) is 19.0 Å². The maximum absolute atomic E-state index is 14.6. The lowest BCUT2D eigenvalue weighted by Crippen LogP contribution is -2.30. The average Bonchev–Trinajstić information content (AvgIpc) is 1.41. The topological polar surface area (TPSA) is 338 Å². The Morgan fingerprint density at radius 1 is 0.480 bits per heavy atom. The molecule has 532 valence electrons. The fraction of sp³-hybridized carbons (Fsp3) is 0.250. The number of aromatic nitrogens is 12. The quantitative estimate of drug-likeness (QED) is 0.0636. The molecule has 0 aliphatic carbocycles. The maximum Gasteiger partial charge on any atom is 0.270 e. The average molecular weight is 1450 g/mol. The van der Waals surface area contributed by atoms with Crippen molar-refractivity contribution in [3.05, 3.63) is 193 Å². The summed E-state index contributed by atoms with van der Waals surface area (Å²) in [5, 5.41) is 25.3. The van der Waals surface area contributed by atoms with E-state index in [9.17, 15) is 38.4 Å². The molecule has 6 heterocycles. The molecule has 0 aliphatic rings. The second-order valence-electron chi connectivity index (χ2n) is 24.0. The summed E-state index contributed by atoms with van der Waals surface area (Å²) in [6.45, 7) is 13.4. The predicted octanol–water partition coefficient (Wildman–Crippen LogP) is 13.7. The lowest BCUT2D eigenvalue weighted by atomic mass is 10.1. The van der Waals surface area contributed by atoms with E-state index in [2.05, 4.69) is 65.8 Å². The Bertz CT molecular complexity index is 5310. The van der Waals surface area contributed by atoms with E-state index in [-0.39, 0.29) is 81.1 Å². The number of nitrogens with zero attached hydrogens (tertiary/aromatic N) is 13. The predicted molar refractivity (Wildman–Crippen MR) is 383 cm³/mol. The summed E-state index contributed by atoms with van der Waals surface area (Å²) >= 11 is 0. The monoisotopic (exact) mass is 1450 g/mol. The first-order chi connectivity index (χ1) is 48.7. The summed E-state index contributed by atoms with van der Waals surface area (Å²) in [6, 6.07) is 36.5. The lowest BCUT2D eigenvalue weighted by molar-refractivity contribution is 0.405. The first-order valence-electron chi connectivity index (χ1n) is 32.1. The van der Waals surface area contributed by atoms with Crippen LogP contribution in [0.15, 0.2) is 186 Å². The first kappa shape index (κ1) is 74.0. The van der Waals surface area contributed by atoms with Crippen LogP contribution < -0.4 is 11.1 Å². The molecule has 30 heteroatoms. The molecule has 0 saturated heterocycles. The lowest BCUT2D eigenvalue weighted by Gasteiger charge is -2.17. The normalized spacial score (nSPS) is 12.6. The van der Waals surface area contributed by atoms with Gasteiger partial charge in [-0.1, -0.05) is 87.0 Å². The van der Waals surface area contributed by atoms with Gasteiger partial charge in [0.25, 0.3) is 35.3 Å². The molecule has 0 amide bonds. The minimum atomic E-state index is -3.46. The number of anilines is 1. The summed E-state index contributed by atoms with van der Waals surface area (Å²) in [5.74, 6) is -1.07. The molecule has 6 aromatic heterocycles. The van der Waals surface area contributed by atoms with Gasteiger partial charge < -0.3 is 29.2 Å². The molecule has 12 rings (SSSR count). The number of hydrogen-bond donors (Lipinski definition) is 2. The second-order valence-corrected chi connectivity index (χ2v) is 31.1. The van der Waals surface area contributed by atoms with Gasteiger partial charge in [-0.2, -0.15) is 0 Å². The van der Waals surface area contributed by atoms with Crippen LogP contribution in [0.2, 0.25) is 0 Å². The Labute approximate surface area is 591 Å². The molecule has 3 atom stereocenters. The van der Waals surface area contributed by atoms with Crippen molar-refractivity contribution in [1.29, 1.82) is 0 Å². The summed E-state index contributed by atoms with van der Waals surface area (Å²) in [4.78, 5) is 29.2. The molecule has 0 spiro atoms. The smallest absolute Gasteiger partial charge is 0.270 e. The molecule has 3 unspecified atom stereocenters. The van der Waals surface area contributed by atoms with Crippen molar-refractivity contribution in [2.24, 2.45) is 0 Å². The van der Waals surface area contributed by atoms with Gasteiger partial charge in [0.2, 0.25) is 0 Å². The molecule has 6 aromatic carbocycles. The van der Waals surface area contributed by atoms with Gasteiger partial charge in [-0.05, 0) is 147 Å². The molecule has 102 heavy (non-hydrogen) atoms. The fourth-order valence-electron chi connectivity index (χ4n) is 10.4. The molecule has 0 radical (unpaired) electrons. The highest BCUT2D eigenvalue weighted by molar-refractivity contribution is 7.92. The zero-order valence-corrected chi connectivity index (χ0v) is 59.7. The highest BCUT2D eigenvalue weighted by Gasteiger charge is 2.28. The molecular formula is C72H76F3N15O9S3. The van der Waals surface area contributed by atoms with Crippen molar-refractivity contribution < 1.29 is 54.5 Å². The first-order valence-corrected chi connectivity index (χ1v) is 36.8. The number of halogens is 3. The number of rotatable bonds is 22. The van der Waals surface area contributed by atoms with Gasteiger partial charge in [-0.25, -0.2) is 58.4 Å². The Hall–Kier alpha value is -10.7. The van der Waals surface area contributed by atoms with Crippen molar-refractivity contribution in [2.45, 2.75) is 105 Å². The van der Waals surface area contributed by atoms with Crippen LogP contribution in [0.4, 0.5) is 19.0 Å². The molecule has 0 aliphatic heterocycles. The number of sulfone groups is 3. The maximum atomic E-state index is 14.6. The van der Waals surface area contributed by atoms with Crippen molar-refractivity contribution in [2.75, 3.05) is 33.4 Å². The SMILES string of the molecule is CCC(C)S(=O)(=O)c1ccc(-c2cnc(N)c(-c3nnc(-c4ccc(CNC)cc4F)o3)n2)cc1.CCCC(C)S(=O)(=O)c1ccc(-c2cnc(C)c(-c3nnc(-c4ccccc4F)o3)n2)cc1.Cc1ncc(-c2ccc(S(=O)(=O)C(C)CN(C)C)cc2)nc1-c1nnc(-c2ccccc2F)o1.[HH].[HH]. The third-order valence-corrected chi connectivity index (χ3v) is 23.0. The second kappa shape index (κ2) is 31.9. The Morgan fingerprint density at radius 2 is 0.853 bits per heavy atom. The summed E-state index contributed by atoms with van der Waals surface area (Å²) < 4.78 is 136. The van der Waals surface area contributed by atoms with Crippen LogP contribution in [0.5, 0.6) is 0 Å². The fourth-order valence-corrected chi connectivity index (χ4v) is 14.8. The highest BCUT2D eigenvalue weighted by atomic mass is 32.2. The van der Waals surface area contributed by atoms with Crippen LogP contribution in [-0.2, 0) is 36.1 Å². The van der Waals surface area contributed by atoms with Gasteiger partial charge in [0.15, 0.2) is 41.0 Å². The minimum Gasteiger partial charge on any atom is -0.414 e. The number of aryl methyl sites for hydroxylation is 2. The van der Waals surface area contributed by atoms with Crippen LogP contribution in [0.25, 0.3) is 103 Å². The van der Waals surface area contributed by atoms with E-state index in [0.29, 0.717) is 82.5 Å². The Morgan fingerprint density at radius 3 is 1.25 bits per heavy atom. The number of nitrogens with two attached hydrogens (primary N) is 1. The van der Waals surface area contributed by atoms with E-state index in [1.807, 2.05) is 32.8 Å². The molecular weight excluding hydrogens is 1370 g/mol. The van der Waals surface area contributed by atoms with E-state index >= 15 is 0 Å². The Kier molecular flexibility index (Phi) is 23.2. The molecule has 0 fully saturated rings. The van der Waals surface area contributed by atoms with Crippen molar-refractivity contribution >= 4 is 35.3 Å². The molecule has 3 N–H and O–H groups in total. The summed E-state index contributed by atoms with van der Waals surface area (Å²) in [5.41, 5.74) is 12.8. The van der Waals surface area contributed by atoms with E-state index in [1.54, 1.807) is 175 Å². The van der Waals surface area contributed by atoms with Crippen molar-refractivity contribution in [3.63, 3.8) is 0 Å². The largest absolute Gasteiger partial charge is 0.414 e. The Balaban J connectivity index is 0.000000196. The molecule has 0 bridgehead atoms. The number of nitrogen functional groups attached to an aromatic ring is 1. The molecule has 0 saturated carbocycles. The standard InChI is InChI=1S/C24H25FN6O3S.C24H24FN5O3S.C24H23FN4O3S.2H2/c1-4-14(2)35(32,33)17-8-6-16(7-9-17)20-13-28-22(26)21(29-20)24-31-30-23(34-24)18-10-5-15(12-27-3)11-19(18)25;1-15(14-30(3)4)34(31,32)18-11-9-17(10-12-18)21-13-26-16(2)22(27-21)24-29-28-23(33-24)19-7-5-6-8-20(19)25;1-4-7-15(2)33(30,31)18-12-10-17(11-13-18)21-14-26-16(3)22(27-21)24-29-28-23(32-24)19-8-5-6-9-20(19)25;;/h5-11,13-14,27H,4,12H2,1-3H3,(H2,26,28);5-13,15H,14H2,1-4H3;5-6,8-15H,4,7H2,1-3H3;2*1H. The number of benzene rings is 6. The zero-order chi connectivity index (χ0) is 73.2. The number of nitrogens with one attached hydrogen (secondary N) is 1. The van der Waals surface area contributed by atoms with Gasteiger partial charge >= 0.3 is 0 Å². The molecule has 12 aromatic rings. The summed E-state index contributed by atoms with van der Waals surface area (Å²) in [7, 11) is -4.79. The van der Waals surface area contributed by atoms with Gasteiger partial charge in [-0.15, -0.1) is 30.6 Å². The van der Waals surface area contributed by atoms with Gasteiger partial charge in [-0.3, -0.25) is 9.97 Å². The van der Waals surface area contributed by atoms with Crippen LogP contribution >= 0.6 is 0 Å². The minimum absolute atomic E-state index is 0. The third kappa shape index (κ3) is 16.7. The van der Waals surface area contributed by atoms with Crippen LogP contribution in [0.3, 0.4) is 0 Å². The van der Waals surface area contributed by atoms with Crippen molar-refractivity contribution in [3.8, 4) is 103 Å². The zero-order valence-electron chi connectivity index (χ0n) is 57.2. The van der Waals surface area contributed by atoms with Crippen molar-refractivity contribution in [1.82, 2.24) is 70.7 Å². The van der Waals surface area contributed by atoms with Gasteiger partial charge in [0.1, 0.15) is 28.8 Å². The highest BCUT2D eigenvalue weighted by Crippen LogP contribution is 2.34. The van der Waals surface area contributed by atoms with Crippen LogP contribution in [0.1, 0.15) is 73.7 Å². The van der Waals surface area contributed by atoms with Gasteiger partial charge in [0.05, 0.1) is 94.2 Å². The van der Waals surface area contributed by atoms with E-state index < -0.39 is 62.7 Å². The van der Waals surface area contributed by atoms with Crippen LogP contribution in [-0.4, -0.2) is 134 Å². The van der Waals surface area contributed by atoms with Gasteiger partial charge in [0, 0.05) is 32.6 Å². The van der Waals surface area contributed by atoms with E-state index in [0.717, 1.165) is 12.0 Å². The summed E-state index contributed by atoms with van der Waals surface area (Å²) in [6.07, 6.45) is 6.58. The van der Waals surface area contributed by atoms with Crippen LogP contribution in [0, 0.1) is 31.3 Å². The third-order valence-electron chi connectivity index (χ3n) is 16.4. The van der Waals surface area contributed by atoms with E-state index in [1.165, 1.54) is 24.4 Å². The molecule has 24 nitrogen and oxygen atoms in total. The number of hydrogen-bond acceptors (Lipinski definition) is 24.